The zero-order valence-electron chi connectivity index (χ0n) is 15.8. The van der Waals surface area contributed by atoms with Crippen LogP contribution >= 0.6 is 11.6 Å². The van der Waals surface area contributed by atoms with Crippen molar-refractivity contribution >= 4 is 28.9 Å². The number of nitrogen functional groups attached to an aromatic ring is 1. The van der Waals surface area contributed by atoms with E-state index in [-0.39, 0.29) is 17.8 Å². The molecule has 28 heavy (non-hydrogen) atoms. The summed E-state index contributed by atoms with van der Waals surface area (Å²) in [7, 11) is 0. The molecule has 1 amide bonds. The van der Waals surface area contributed by atoms with Gasteiger partial charge in [-0.2, -0.15) is 0 Å². The third-order valence-electron chi connectivity index (χ3n) is 6.21. The van der Waals surface area contributed by atoms with E-state index in [1.54, 1.807) is 30.3 Å². The van der Waals surface area contributed by atoms with Crippen molar-refractivity contribution < 1.29 is 9.18 Å². The van der Waals surface area contributed by atoms with Crippen molar-refractivity contribution in [2.75, 3.05) is 11.1 Å². The number of anilines is 2. The third-order valence-corrected chi connectivity index (χ3v) is 6.47. The maximum absolute atomic E-state index is 13.5. The highest BCUT2D eigenvalue weighted by Crippen LogP contribution is 2.60. The summed E-state index contributed by atoms with van der Waals surface area (Å²) in [6, 6.07) is 11.9. The summed E-state index contributed by atoms with van der Waals surface area (Å²) in [6.07, 6.45) is 2.96. The fraction of sp³-hybridized carbons (Fsp3) is 0.409. The van der Waals surface area contributed by atoms with Gasteiger partial charge < -0.3 is 16.4 Å². The third kappa shape index (κ3) is 3.81. The first-order chi connectivity index (χ1) is 13.5. The van der Waals surface area contributed by atoms with Crippen molar-refractivity contribution in [1.82, 2.24) is 5.32 Å². The van der Waals surface area contributed by atoms with Gasteiger partial charge in [0.15, 0.2) is 0 Å². The zero-order chi connectivity index (χ0) is 19.8. The molecule has 0 spiro atoms. The van der Waals surface area contributed by atoms with E-state index in [0.717, 1.165) is 19.3 Å². The lowest BCUT2D eigenvalue weighted by atomic mass is 9.98. The molecule has 2 aliphatic rings. The summed E-state index contributed by atoms with van der Waals surface area (Å²) in [6.45, 7) is 2.12. The van der Waals surface area contributed by atoms with E-state index in [4.69, 9.17) is 17.3 Å². The van der Waals surface area contributed by atoms with E-state index in [9.17, 15) is 9.18 Å². The van der Waals surface area contributed by atoms with Crippen LogP contribution < -0.4 is 16.4 Å². The summed E-state index contributed by atoms with van der Waals surface area (Å²) < 4.78 is 13.5. The molecule has 5 atom stereocenters. The van der Waals surface area contributed by atoms with Crippen LogP contribution in [0.4, 0.5) is 15.8 Å². The Hall–Kier alpha value is -2.27. The van der Waals surface area contributed by atoms with Gasteiger partial charge in [0.2, 0.25) is 0 Å². The van der Waals surface area contributed by atoms with Crippen LogP contribution in [0.1, 0.15) is 36.5 Å². The average Bonchev–Trinajstić information content (AvgIpc) is 3.17. The van der Waals surface area contributed by atoms with Crippen molar-refractivity contribution in [2.45, 2.75) is 38.3 Å². The molecule has 2 saturated carbocycles. The van der Waals surface area contributed by atoms with Gasteiger partial charge in [-0.15, -0.1) is 0 Å². The smallest absolute Gasteiger partial charge is 0.251 e. The van der Waals surface area contributed by atoms with E-state index in [1.165, 1.54) is 12.1 Å². The Kier molecular flexibility index (Phi) is 5.19. The number of amides is 1. The second-order valence-electron chi connectivity index (χ2n) is 7.94. The van der Waals surface area contributed by atoms with Gasteiger partial charge in [-0.1, -0.05) is 18.5 Å². The fourth-order valence-corrected chi connectivity index (χ4v) is 4.93. The van der Waals surface area contributed by atoms with Crippen molar-refractivity contribution in [1.29, 1.82) is 0 Å². The van der Waals surface area contributed by atoms with E-state index in [0.29, 0.717) is 45.8 Å². The molecule has 2 aromatic carbocycles. The van der Waals surface area contributed by atoms with Crippen LogP contribution in [0.15, 0.2) is 42.5 Å². The van der Waals surface area contributed by atoms with Crippen LogP contribution in [0.25, 0.3) is 0 Å². The number of carbonyl (C=O) groups excluding carboxylic acids is 1. The van der Waals surface area contributed by atoms with Crippen LogP contribution in [0.3, 0.4) is 0 Å². The first-order valence-electron chi connectivity index (χ1n) is 9.84. The van der Waals surface area contributed by atoms with Crippen LogP contribution in [-0.2, 0) is 0 Å². The minimum absolute atomic E-state index is 0.0456. The second kappa shape index (κ2) is 7.63. The molecule has 0 aliphatic heterocycles. The molecule has 4 nitrogen and oxygen atoms in total. The first-order valence-corrected chi connectivity index (χ1v) is 10.2. The minimum Gasteiger partial charge on any atom is -0.397 e. The van der Waals surface area contributed by atoms with Crippen molar-refractivity contribution in [3.63, 3.8) is 0 Å². The Morgan fingerprint density at radius 3 is 2.54 bits per heavy atom. The lowest BCUT2D eigenvalue weighted by molar-refractivity contribution is 0.0927. The van der Waals surface area contributed by atoms with Gasteiger partial charge in [0.1, 0.15) is 5.82 Å². The van der Waals surface area contributed by atoms with Crippen LogP contribution in [0.5, 0.6) is 0 Å². The standard InChI is InChI=1S/C22H25ClFN3O/c1-2-19(27-22(28)12-3-5-13(23)6-4-12)21-16-10-15(11-17(16)21)26-20-9-14(24)7-8-18(20)25/h3-9,15-17,19,21,26H,2,10-11,25H2,1H3,(H,27,28)/t15-,16-,17+,19?,21+. The number of benzene rings is 2. The van der Waals surface area contributed by atoms with Crippen LogP contribution in [0.2, 0.25) is 5.02 Å². The molecule has 2 aliphatic carbocycles. The van der Waals surface area contributed by atoms with Crippen LogP contribution in [0, 0.1) is 23.6 Å². The van der Waals surface area contributed by atoms with E-state index >= 15 is 0 Å². The molecule has 4 rings (SSSR count). The van der Waals surface area contributed by atoms with E-state index in [1.807, 2.05) is 0 Å². The summed E-state index contributed by atoms with van der Waals surface area (Å²) in [5.41, 5.74) is 7.82. The number of hydrogen-bond donors (Lipinski definition) is 3. The Balaban J connectivity index is 1.33. The molecule has 6 heteroatoms. The molecule has 2 aromatic rings. The van der Waals surface area contributed by atoms with E-state index in [2.05, 4.69) is 17.6 Å². The summed E-state index contributed by atoms with van der Waals surface area (Å²) in [4.78, 5) is 12.5. The predicted octanol–water partition coefficient (Wildman–Crippen LogP) is 4.71. The topological polar surface area (TPSA) is 67.2 Å². The minimum atomic E-state index is -0.284. The molecular formula is C22H25ClFN3O. The number of rotatable bonds is 6. The number of nitrogens with two attached hydrogens (primary N) is 1. The Labute approximate surface area is 169 Å². The van der Waals surface area contributed by atoms with Crippen molar-refractivity contribution in [2.24, 2.45) is 17.8 Å². The molecule has 1 unspecified atom stereocenters. The lowest BCUT2D eigenvalue weighted by Gasteiger charge is -2.23. The average molecular weight is 402 g/mol. The zero-order valence-corrected chi connectivity index (χ0v) is 16.5. The van der Waals surface area contributed by atoms with Crippen LogP contribution in [-0.4, -0.2) is 18.0 Å². The first kappa shape index (κ1) is 19.1. The van der Waals surface area contributed by atoms with Gasteiger partial charge in [0.25, 0.3) is 5.91 Å². The van der Waals surface area contributed by atoms with Gasteiger partial charge in [-0.05, 0) is 79.5 Å². The number of nitrogens with one attached hydrogen (secondary N) is 2. The second-order valence-corrected chi connectivity index (χ2v) is 8.38. The predicted molar refractivity (Wildman–Crippen MR) is 111 cm³/mol. The number of hydrogen-bond acceptors (Lipinski definition) is 3. The Morgan fingerprint density at radius 2 is 1.89 bits per heavy atom. The molecule has 0 aromatic heterocycles. The molecule has 4 N–H and O–H groups in total. The normalized spacial score (nSPS) is 26.4. The highest BCUT2D eigenvalue weighted by molar-refractivity contribution is 6.30. The number of halogens is 2. The highest BCUT2D eigenvalue weighted by atomic mass is 35.5. The van der Waals surface area contributed by atoms with Gasteiger partial charge in [-0.25, -0.2) is 4.39 Å². The van der Waals surface area contributed by atoms with E-state index < -0.39 is 0 Å². The molecule has 0 saturated heterocycles. The SMILES string of the molecule is CCC(NC(=O)c1ccc(Cl)cc1)[C@H]1[C@@H]2C[C@@H](Nc3cc(F)ccc3N)C[C@@H]21. The molecule has 0 radical (unpaired) electrons. The largest absolute Gasteiger partial charge is 0.397 e. The van der Waals surface area contributed by atoms with Gasteiger partial charge in [0, 0.05) is 22.7 Å². The van der Waals surface area contributed by atoms with Crippen molar-refractivity contribution in [3.05, 3.63) is 58.9 Å². The number of carbonyl (C=O) groups is 1. The highest BCUT2D eigenvalue weighted by Gasteiger charge is 2.58. The number of fused-ring (bicyclic) bond motifs is 1. The Morgan fingerprint density at radius 1 is 1.21 bits per heavy atom. The monoisotopic (exact) mass is 401 g/mol. The molecular weight excluding hydrogens is 377 g/mol. The maximum Gasteiger partial charge on any atom is 0.251 e. The lowest BCUT2D eigenvalue weighted by Crippen LogP contribution is -2.38. The summed E-state index contributed by atoms with van der Waals surface area (Å²) in [5, 5.41) is 7.22. The Bertz CT molecular complexity index is 861. The van der Waals surface area contributed by atoms with Gasteiger partial charge >= 0.3 is 0 Å². The van der Waals surface area contributed by atoms with Gasteiger partial charge in [-0.3, -0.25) is 4.79 Å². The summed E-state index contributed by atoms with van der Waals surface area (Å²) in [5.74, 6) is 1.39. The van der Waals surface area contributed by atoms with Crippen molar-refractivity contribution in [3.8, 4) is 0 Å². The summed E-state index contributed by atoms with van der Waals surface area (Å²) >= 11 is 5.90. The molecule has 0 heterocycles. The fourth-order valence-electron chi connectivity index (χ4n) is 4.80. The van der Waals surface area contributed by atoms with Gasteiger partial charge in [0.05, 0.1) is 11.4 Å². The maximum atomic E-state index is 13.5. The molecule has 0 bridgehead atoms. The molecule has 2 fully saturated rings. The quantitative estimate of drug-likeness (QED) is 0.614. The molecule has 148 valence electrons.